The van der Waals surface area contributed by atoms with Crippen LogP contribution in [-0.2, 0) is 19.4 Å². The van der Waals surface area contributed by atoms with Gasteiger partial charge < -0.3 is 20.3 Å². The standard InChI is InChI=1S/C20H38N6O.HI/c1-3-9-17(12-15-27)16-23-20(21-4-2)22-13-8-11-19-25-24-18-10-6-5-7-14-26(18)19;/h17,27H,3-16H2,1-2H3,(H2,21,22,23);1H. The summed E-state index contributed by atoms with van der Waals surface area (Å²) < 4.78 is 2.33. The largest absolute Gasteiger partial charge is 0.396 e. The topological polar surface area (TPSA) is 87.4 Å². The van der Waals surface area contributed by atoms with E-state index in [1.807, 2.05) is 0 Å². The van der Waals surface area contributed by atoms with Gasteiger partial charge in [0.05, 0.1) is 0 Å². The summed E-state index contributed by atoms with van der Waals surface area (Å²) in [4.78, 5) is 4.72. The number of halogens is 1. The van der Waals surface area contributed by atoms with Crippen LogP contribution in [0.4, 0.5) is 0 Å². The molecule has 1 aliphatic rings. The molecule has 1 aliphatic heterocycles. The second-order valence-corrected chi connectivity index (χ2v) is 7.41. The van der Waals surface area contributed by atoms with Crippen LogP contribution in [0.5, 0.6) is 0 Å². The lowest BCUT2D eigenvalue weighted by molar-refractivity contribution is 0.253. The Balaban J connectivity index is 0.00000392. The third-order valence-electron chi connectivity index (χ3n) is 5.14. The second kappa shape index (κ2) is 15.0. The number of aryl methyl sites for hydroxylation is 2. The Morgan fingerprint density at radius 1 is 1.18 bits per heavy atom. The number of hydrogen-bond acceptors (Lipinski definition) is 4. The maximum atomic E-state index is 9.20. The molecule has 7 nitrogen and oxygen atoms in total. The Morgan fingerprint density at radius 3 is 2.79 bits per heavy atom. The number of guanidine groups is 1. The van der Waals surface area contributed by atoms with E-state index >= 15 is 0 Å². The molecule has 0 saturated carbocycles. The van der Waals surface area contributed by atoms with E-state index < -0.39 is 0 Å². The van der Waals surface area contributed by atoms with Crippen LogP contribution in [-0.4, -0.2) is 52.1 Å². The van der Waals surface area contributed by atoms with E-state index in [-0.39, 0.29) is 30.6 Å². The summed E-state index contributed by atoms with van der Waals surface area (Å²) in [5.74, 6) is 3.62. The van der Waals surface area contributed by atoms with Gasteiger partial charge in [-0.3, -0.25) is 4.99 Å². The Morgan fingerprint density at radius 2 is 2.04 bits per heavy atom. The fourth-order valence-corrected chi connectivity index (χ4v) is 3.66. The minimum absolute atomic E-state index is 0. The molecule has 0 bridgehead atoms. The van der Waals surface area contributed by atoms with Gasteiger partial charge in [0.15, 0.2) is 5.96 Å². The molecule has 1 unspecified atom stereocenters. The van der Waals surface area contributed by atoms with E-state index in [1.54, 1.807) is 0 Å². The van der Waals surface area contributed by atoms with Crippen molar-refractivity contribution >= 4 is 29.9 Å². The van der Waals surface area contributed by atoms with E-state index in [2.05, 4.69) is 39.2 Å². The Kier molecular flexibility index (Phi) is 13.5. The van der Waals surface area contributed by atoms with Crippen LogP contribution < -0.4 is 10.6 Å². The van der Waals surface area contributed by atoms with Gasteiger partial charge in [-0.25, -0.2) is 0 Å². The fraction of sp³-hybridized carbons (Fsp3) is 0.850. The lowest BCUT2D eigenvalue weighted by Crippen LogP contribution is -2.38. The van der Waals surface area contributed by atoms with Crippen molar-refractivity contribution in [3.8, 4) is 0 Å². The van der Waals surface area contributed by atoms with E-state index in [0.717, 1.165) is 82.3 Å². The average molecular weight is 506 g/mol. The summed E-state index contributed by atoms with van der Waals surface area (Å²) in [5, 5.41) is 24.7. The first kappa shape index (κ1) is 25.1. The molecule has 3 N–H and O–H groups in total. The first-order valence-electron chi connectivity index (χ1n) is 10.8. The molecule has 0 spiro atoms. The van der Waals surface area contributed by atoms with Crippen molar-refractivity contribution in [3.05, 3.63) is 11.6 Å². The van der Waals surface area contributed by atoms with Gasteiger partial charge in [0.2, 0.25) is 0 Å². The third kappa shape index (κ3) is 8.63. The lowest BCUT2D eigenvalue weighted by atomic mass is 10.0. The van der Waals surface area contributed by atoms with Gasteiger partial charge in [-0.2, -0.15) is 0 Å². The minimum atomic E-state index is 0. The molecule has 2 rings (SSSR count). The summed E-state index contributed by atoms with van der Waals surface area (Å²) in [7, 11) is 0. The van der Waals surface area contributed by atoms with Crippen molar-refractivity contribution in [2.24, 2.45) is 10.9 Å². The molecule has 28 heavy (non-hydrogen) atoms. The van der Waals surface area contributed by atoms with Gasteiger partial charge in [0, 0.05) is 45.6 Å². The summed E-state index contributed by atoms with van der Waals surface area (Å²) in [6.07, 6.45) is 9.86. The maximum absolute atomic E-state index is 9.20. The van der Waals surface area contributed by atoms with Crippen LogP contribution >= 0.6 is 24.0 Å². The van der Waals surface area contributed by atoms with Crippen molar-refractivity contribution < 1.29 is 5.11 Å². The van der Waals surface area contributed by atoms with Crippen molar-refractivity contribution in [2.75, 3.05) is 26.2 Å². The van der Waals surface area contributed by atoms with E-state index in [4.69, 9.17) is 4.99 Å². The Labute approximate surface area is 187 Å². The minimum Gasteiger partial charge on any atom is -0.396 e. The molecule has 162 valence electrons. The molecule has 0 saturated heterocycles. The molecule has 2 heterocycles. The summed E-state index contributed by atoms with van der Waals surface area (Å²) in [6, 6.07) is 0. The third-order valence-corrected chi connectivity index (χ3v) is 5.14. The highest BCUT2D eigenvalue weighted by molar-refractivity contribution is 14.0. The summed E-state index contributed by atoms with van der Waals surface area (Å²) in [6.45, 7) is 8.06. The number of rotatable bonds is 11. The zero-order valence-corrected chi connectivity index (χ0v) is 20.0. The van der Waals surface area contributed by atoms with Gasteiger partial charge in [-0.1, -0.05) is 19.8 Å². The molecule has 1 aromatic rings. The number of aliphatic hydroxyl groups excluding tert-OH is 1. The van der Waals surface area contributed by atoms with E-state index in [1.165, 1.54) is 19.3 Å². The predicted molar refractivity (Wildman–Crippen MR) is 125 cm³/mol. The number of aliphatic hydroxyl groups is 1. The van der Waals surface area contributed by atoms with Crippen LogP contribution in [0.1, 0.15) is 70.4 Å². The van der Waals surface area contributed by atoms with Gasteiger partial charge in [-0.05, 0) is 44.9 Å². The van der Waals surface area contributed by atoms with Gasteiger partial charge in [-0.15, -0.1) is 34.2 Å². The highest BCUT2D eigenvalue weighted by Crippen LogP contribution is 2.15. The molecular formula is C20H39IN6O. The van der Waals surface area contributed by atoms with Gasteiger partial charge in [0.1, 0.15) is 11.6 Å². The highest BCUT2D eigenvalue weighted by atomic mass is 127. The maximum Gasteiger partial charge on any atom is 0.191 e. The Hall–Kier alpha value is -0.900. The van der Waals surface area contributed by atoms with Crippen molar-refractivity contribution in [1.82, 2.24) is 25.4 Å². The molecule has 0 amide bonds. The van der Waals surface area contributed by atoms with Crippen molar-refractivity contribution in [1.29, 1.82) is 0 Å². The van der Waals surface area contributed by atoms with Gasteiger partial charge >= 0.3 is 0 Å². The lowest BCUT2D eigenvalue weighted by Gasteiger charge is -2.15. The molecule has 0 radical (unpaired) electrons. The highest BCUT2D eigenvalue weighted by Gasteiger charge is 2.14. The first-order chi connectivity index (χ1) is 13.3. The van der Waals surface area contributed by atoms with Crippen LogP contribution in [0.3, 0.4) is 0 Å². The van der Waals surface area contributed by atoms with Crippen molar-refractivity contribution in [3.63, 3.8) is 0 Å². The van der Waals surface area contributed by atoms with Crippen LogP contribution in [0.2, 0.25) is 0 Å². The zero-order valence-electron chi connectivity index (χ0n) is 17.6. The number of nitrogens with zero attached hydrogens (tertiary/aromatic N) is 4. The number of aromatic nitrogens is 3. The monoisotopic (exact) mass is 506 g/mol. The molecule has 0 fully saturated rings. The quantitative estimate of drug-likeness (QED) is 0.186. The number of nitrogens with one attached hydrogen (secondary N) is 2. The fourth-order valence-electron chi connectivity index (χ4n) is 3.66. The second-order valence-electron chi connectivity index (χ2n) is 7.41. The van der Waals surface area contributed by atoms with Crippen LogP contribution in [0, 0.1) is 5.92 Å². The first-order valence-corrected chi connectivity index (χ1v) is 10.8. The summed E-state index contributed by atoms with van der Waals surface area (Å²) in [5.41, 5.74) is 0. The number of hydrogen-bond donors (Lipinski definition) is 3. The molecule has 0 aromatic carbocycles. The zero-order chi connectivity index (χ0) is 19.3. The SMILES string of the molecule is CCCC(CCO)CN=C(NCC)NCCCc1nnc2n1CCCCC2.I. The van der Waals surface area contributed by atoms with Crippen molar-refractivity contribution in [2.45, 2.75) is 78.2 Å². The normalized spacial score (nSPS) is 15.3. The van der Waals surface area contributed by atoms with E-state index in [0.29, 0.717) is 5.92 Å². The van der Waals surface area contributed by atoms with Crippen LogP contribution in [0.25, 0.3) is 0 Å². The number of fused-ring (bicyclic) bond motifs is 1. The van der Waals surface area contributed by atoms with E-state index in [9.17, 15) is 5.11 Å². The smallest absolute Gasteiger partial charge is 0.191 e. The Bertz CT molecular complexity index is 557. The molecule has 1 atom stereocenters. The summed E-state index contributed by atoms with van der Waals surface area (Å²) >= 11 is 0. The predicted octanol–water partition coefficient (Wildman–Crippen LogP) is 2.91. The molecule has 0 aliphatic carbocycles. The molecule has 1 aromatic heterocycles. The van der Waals surface area contributed by atoms with Crippen LogP contribution in [0.15, 0.2) is 4.99 Å². The van der Waals surface area contributed by atoms with Gasteiger partial charge in [0.25, 0.3) is 0 Å². The number of aliphatic imine (C=N–C) groups is 1. The molecular weight excluding hydrogens is 467 g/mol. The average Bonchev–Trinajstić information content (AvgIpc) is 2.89. The molecule has 8 heteroatoms.